The highest BCUT2D eigenvalue weighted by Crippen LogP contribution is 2.25. The fraction of sp³-hybridized carbons (Fsp3) is 0.0667. The zero-order chi connectivity index (χ0) is 13.4. The molecule has 1 aromatic heterocycles. The van der Waals surface area contributed by atoms with Crippen LogP contribution >= 0.6 is 27.5 Å². The number of hydrogen-bond acceptors (Lipinski definition) is 0. The van der Waals surface area contributed by atoms with Gasteiger partial charge in [-0.2, -0.15) is 0 Å². The molecule has 0 amide bonds. The maximum atomic E-state index is 13.4. The molecule has 0 radical (unpaired) electrons. The van der Waals surface area contributed by atoms with E-state index in [0.717, 1.165) is 20.9 Å². The van der Waals surface area contributed by atoms with Gasteiger partial charge < -0.3 is 4.57 Å². The van der Waals surface area contributed by atoms with Crippen LogP contribution in [-0.4, -0.2) is 4.57 Å². The van der Waals surface area contributed by atoms with Crippen LogP contribution in [0.2, 0.25) is 5.02 Å². The third-order valence-corrected chi connectivity index (χ3v) is 4.02. The fourth-order valence-corrected chi connectivity index (χ4v) is 2.73. The molecule has 0 aliphatic rings. The van der Waals surface area contributed by atoms with Crippen molar-refractivity contribution in [2.24, 2.45) is 0 Å². The summed E-state index contributed by atoms with van der Waals surface area (Å²) in [5, 5.41) is 1.34. The minimum atomic E-state index is -0.377. The van der Waals surface area contributed by atoms with Crippen LogP contribution in [0.3, 0.4) is 0 Å². The molecule has 0 N–H and O–H groups in total. The summed E-state index contributed by atoms with van der Waals surface area (Å²) in [5.74, 6) is -0.377. The molecule has 0 unspecified atom stereocenters. The van der Waals surface area contributed by atoms with E-state index in [1.54, 1.807) is 6.07 Å². The molecule has 0 aliphatic heterocycles. The summed E-state index contributed by atoms with van der Waals surface area (Å²) >= 11 is 9.44. The Hall–Kier alpha value is -1.32. The largest absolute Gasteiger partial charge is 0.343 e. The van der Waals surface area contributed by atoms with Gasteiger partial charge in [0.2, 0.25) is 0 Å². The minimum Gasteiger partial charge on any atom is -0.343 e. The molecule has 0 saturated carbocycles. The van der Waals surface area contributed by atoms with Gasteiger partial charge in [-0.3, -0.25) is 0 Å². The predicted molar refractivity (Wildman–Crippen MR) is 80.2 cm³/mol. The number of halogens is 3. The van der Waals surface area contributed by atoms with Gasteiger partial charge in [0.15, 0.2) is 0 Å². The first kappa shape index (κ1) is 12.7. The van der Waals surface area contributed by atoms with E-state index in [4.69, 9.17) is 11.6 Å². The van der Waals surface area contributed by atoms with Crippen LogP contribution in [0.4, 0.5) is 4.39 Å². The Morgan fingerprint density at radius 3 is 2.84 bits per heavy atom. The first-order chi connectivity index (χ1) is 9.15. The Morgan fingerprint density at radius 2 is 2.00 bits per heavy atom. The van der Waals surface area contributed by atoms with Crippen molar-refractivity contribution in [3.63, 3.8) is 0 Å². The molecule has 4 heteroatoms. The van der Waals surface area contributed by atoms with Gasteiger partial charge in [0.05, 0.1) is 5.02 Å². The second-order valence-electron chi connectivity index (χ2n) is 4.36. The first-order valence-electron chi connectivity index (χ1n) is 5.82. The number of fused-ring (bicyclic) bond motifs is 1. The minimum absolute atomic E-state index is 0.196. The lowest BCUT2D eigenvalue weighted by Gasteiger charge is -2.08. The quantitative estimate of drug-likeness (QED) is 0.602. The van der Waals surface area contributed by atoms with E-state index >= 15 is 0 Å². The van der Waals surface area contributed by atoms with Gasteiger partial charge in [-0.15, -0.1) is 0 Å². The third-order valence-electron chi connectivity index (χ3n) is 3.11. The zero-order valence-corrected chi connectivity index (χ0v) is 12.2. The molecular weight excluding hydrogens is 329 g/mol. The standard InChI is InChI=1S/C15H10BrClFN/c16-12-4-5-14-10(8-12)6-7-19(14)9-11-2-1-3-13(18)15(11)17/h1-8H,9H2. The second-order valence-corrected chi connectivity index (χ2v) is 5.65. The van der Waals surface area contributed by atoms with Gasteiger partial charge in [-0.05, 0) is 35.9 Å². The van der Waals surface area contributed by atoms with E-state index in [0.29, 0.717) is 6.54 Å². The van der Waals surface area contributed by atoms with Crippen molar-refractivity contribution in [1.29, 1.82) is 0 Å². The molecule has 1 nitrogen and oxygen atoms in total. The summed E-state index contributed by atoms with van der Waals surface area (Å²) in [6, 6.07) is 13.0. The smallest absolute Gasteiger partial charge is 0.142 e. The van der Waals surface area contributed by atoms with Crippen LogP contribution < -0.4 is 0 Å². The molecule has 0 atom stereocenters. The summed E-state index contributed by atoms with van der Waals surface area (Å²) < 4.78 is 16.5. The number of benzene rings is 2. The lowest BCUT2D eigenvalue weighted by Crippen LogP contribution is -1.99. The summed E-state index contributed by atoms with van der Waals surface area (Å²) in [6.07, 6.45) is 1.98. The van der Waals surface area contributed by atoms with Crippen molar-refractivity contribution in [1.82, 2.24) is 4.57 Å². The SMILES string of the molecule is Fc1cccc(Cn2ccc3cc(Br)ccc32)c1Cl. The van der Waals surface area contributed by atoms with Crippen molar-refractivity contribution in [2.45, 2.75) is 6.54 Å². The number of rotatable bonds is 2. The molecule has 0 spiro atoms. The lowest BCUT2D eigenvalue weighted by molar-refractivity contribution is 0.624. The highest BCUT2D eigenvalue weighted by Gasteiger charge is 2.08. The molecule has 0 bridgehead atoms. The van der Waals surface area contributed by atoms with Crippen LogP contribution in [0.25, 0.3) is 10.9 Å². The maximum absolute atomic E-state index is 13.4. The Morgan fingerprint density at radius 1 is 1.16 bits per heavy atom. The highest BCUT2D eigenvalue weighted by molar-refractivity contribution is 9.10. The van der Waals surface area contributed by atoms with Crippen LogP contribution in [-0.2, 0) is 6.54 Å². The molecule has 0 fully saturated rings. The van der Waals surface area contributed by atoms with Crippen LogP contribution in [0, 0.1) is 5.82 Å². The number of nitrogens with zero attached hydrogens (tertiary/aromatic N) is 1. The van der Waals surface area contributed by atoms with E-state index in [2.05, 4.69) is 26.6 Å². The highest BCUT2D eigenvalue weighted by atomic mass is 79.9. The molecule has 0 aliphatic carbocycles. The molecule has 0 saturated heterocycles. The summed E-state index contributed by atoms with van der Waals surface area (Å²) in [7, 11) is 0. The second kappa shape index (κ2) is 4.99. The predicted octanol–water partition coefficient (Wildman–Crippen LogP) is 5.24. The van der Waals surface area contributed by atoms with Crippen molar-refractivity contribution in [3.8, 4) is 0 Å². The van der Waals surface area contributed by atoms with Crippen molar-refractivity contribution >= 4 is 38.4 Å². The Bertz CT molecular complexity index is 751. The number of aromatic nitrogens is 1. The third kappa shape index (κ3) is 2.40. The van der Waals surface area contributed by atoms with Crippen LogP contribution in [0.1, 0.15) is 5.56 Å². The molecular formula is C15H10BrClFN. The molecule has 2 aromatic carbocycles. The van der Waals surface area contributed by atoms with Gasteiger partial charge in [0, 0.05) is 28.1 Å². The Kier molecular flexibility index (Phi) is 3.33. The van der Waals surface area contributed by atoms with Gasteiger partial charge in [-0.1, -0.05) is 39.7 Å². The molecule has 96 valence electrons. The Balaban J connectivity index is 2.04. The van der Waals surface area contributed by atoms with E-state index in [9.17, 15) is 4.39 Å². The van der Waals surface area contributed by atoms with Crippen molar-refractivity contribution in [3.05, 3.63) is 69.5 Å². The van der Waals surface area contributed by atoms with Crippen molar-refractivity contribution < 1.29 is 4.39 Å². The van der Waals surface area contributed by atoms with E-state index in [1.807, 2.05) is 30.5 Å². The summed E-state index contributed by atoms with van der Waals surface area (Å²) in [4.78, 5) is 0. The average molecular weight is 339 g/mol. The molecule has 1 heterocycles. The van der Waals surface area contributed by atoms with Gasteiger partial charge in [-0.25, -0.2) is 4.39 Å². The van der Waals surface area contributed by atoms with Crippen LogP contribution in [0.5, 0.6) is 0 Å². The average Bonchev–Trinajstić information content (AvgIpc) is 2.77. The Labute approximate surface area is 123 Å². The summed E-state index contributed by atoms with van der Waals surface area (Å²) in [6.45, 7) is 0.557. The van der Waals surface area contributed by atoms with Crippen LogP contribution in [0.15, 0.2) is 53.1 Å². The van der Waals surface area contributed by atoms with E-state index < -0.39 is 0 Å². The molecule has 19 heavy (non-hydrogen) atoms. The van der Waals surface area contributed by atoms with E-state index in [1.165, 1.54) is 6.07 Å². The zero-order valence-electron chi connectivity index (χ0n) is 9.91. The van der Waals surface area contributed by atoms with Gasteiger partial charge in [0.25, 0.3) is 0 Å². The monoisotopic (exact) mass is 337 g/mol. The maximum Gasteiger partial charge on any atom is 0.142 e. The molecule has 3 rings (SSSR count). The molecule has 3 aromatic rings. The van der Waals surface area contributed by atoms with Gasteiger partial charge >= 0.3 is 0 Å². The number of hydrogen-bond donors (Lipinski definition) is 0. The first-order valence-corrected chi connectivity index (χ1v) is 6.99. The lowest BCUT2D eigenvalue weighted by atomic mass is 10.2. The summed E-state index contributed by atoms with van der Waals surface area (Å²) in [5.41, 5.74) is 1.88. The van der Waals surface area contributed by atoms with Crippen molar-refractivity contribution in [2.75, 3.05) is 0 Å². The topological polar surface area (TPSA) is 4.93 Å². The fourth-order valence-electron chi connectivity index (χ4n) is 2.16. The normalized spacial score (nSPS) is 11.1. The van der Waals surface area contributed by atoms with Gasteiger partial charge in [0.1, 0.15) is 5.82 Å². The van der Waals surface area contributed by atoms with E-state index in [-0.39, 0.29) is 10.8 Å².